The number of fused-ring (bicyclic) bond motifs is 2. The molecule has 0 unspecified atom stereocenters. The van der Waals surface area contributed by atoms with Gasteiger partial charge in [-0.25, -0.2) is 4.98 Å². The smallest absolute Gasteiger partial charge is 0.261 e. The lowest BCUT2D eigenvalue weighted by Gasteiger charge is -2.26. The number of rotatable bonds is 3. The largest absolute Gasteiger partial charge is 0.490 e. The fraction of sp³-hybridized carbons (Fsp3) is 0.348. The molecule has 2 aliphatic heterocycles. The number of ether oxygens (including phenoxy) is 2. The highest BCUT2D eigenvalue weighted by Crippen LogP contribution is 2.38. The average Bonchev–Trinajstić information content (AvgIpc) is 3.15. The maximum atomic E-state index is 13.2. The van der Waals surface area contributed by atoms with E-state index in [9.17, 15) is 9.59 Å². The summed E-state index contributed by atoms with van der Waals surface area (Å²) >= 11 is 3.39. The zero-order chi connectivity index (χ0) is 21.4. The molecule has 0 radical (unpaired) electrons. The van der Waals surface area contributed by atoms with Crippen LogP contribution in [0.3, 0.4) is 0 Å². The number of carbonyl (C=O) groups is 1. The molecule has 2 aromatic carbocycles. The summed E-state index contributed by atoms with van der Waals surface area (Å²) in [7, 11) is 0. The molecule has 160 valence electrons. The van der Waals surface area contributed by atoms with Gasteiger partial charge in [0.25, 0.3) is 5.56 Å². The monoisotopic (exact) mass is 483 g/mol. The quantitative estimate of drug-likeness (QED) is 0.567. The topological polar surface area (TPSA) is 73.7 Å². The first-order valence-electron chi connectivity index (χ1n) is 10.4. The zero-order valence-corrected chi connectivity index (χ0v) is 18.5. The molecule has 3 heterocycles. The predicted octanol–water partition coefficient (Wildman–Crippen LogP) is 3.68. The van der Waals surface area contributed by atoms with E-state index < -0.39 is 0 Å². The number of hydrogen-bond donors (Lipinski definition) is 0. The van der Waals surface area contributed by atoms with E-state index in [1.165, 1.54) is 10.9 Å². The number of carbonyl (C=O) groups excluding carboxylic acids is 1. The Kier molecular flexibility index (Phi) is 5.40. The van der Waals surface area contributed by atoms with Gasteiger partial charge in [0.1, 0.15) is 6.54 Å². The van der Waals surface area contributed by atoms with Crippen molar-refractivity contribution in [2.45, 2.75) is 31.8 Å². The molecule has 0 spiro atoms. The molecular weight excluding hydrogens is 462 g/mol. The van der Waals surface area contributed by atoms with Crippen LogP contribution in [0.5, 0.6) is 11.5 Å². The molecule has 0 saturated carbocycles. The highest BCUT2D eigenvalue weighted by molar-refractivity contribution is 9.10. The first-order valence-corrected chi connectivity index (χ1v) is 11.2. The van der Waals surface area contributed by atoms with E-state index in [0.29, 0.717) is 30.7 Å². The van der Waals surface area contributed by atoms with Gasteiger partial charge < -0.3 is 14.4 Å². The molecule has 1 saturated heterocycles. The van der Waals surface area contributed by atoms with Crippen molar-refractivity contribution in [1.82, 2.24) is 14.5 Å². The van der Waals surface area contributed by atoms with Crippen LogP contribution < -0.4 is 15.0 Å². The number of nitrogens with zero attached hydrogens (tertiary/aromatic N) is 3. The highest BCUT2D eigenvalue weighted by atomic mass is 79.9. The van der Waals surface area contributed by atoms with Crippen molar-refractivity contribution in [1.29, 1.82) is 0 Å². The Bertz CT molecular complexity index is 1210. The first-order chi connectivity index (χ1) is 15.1. The number of amides is 1. The van der Waals surface area contributed by atoms with Crippen molar-refractivity contribution in [3.8, 4) is 11.5 Å². The minimum Gasteiger partial charge on any atom is -0.490 e. The summed E-state index contributed by atoms with van der Waals surface area (Å²) in [6, 6.07) is 11.2. The summed E-state index contributed by atoms with van der Waals surface area (Å²) < 4.78 is 13.7. The van der Waals surface area contributed by atoms with Crippen LogP contribution >= 0.6 is 15.9 Å². The highest BCUT2D eigenvalue weighted by Gasteiger charge is 2.31. The average molecular weight is 484 g/mol. The molecule has 1 amide bonds. The van der Waals surface area contributed by atoms with Crippen LogP contribution in [0.25, 0.3) is 10.9 Å². The third-order valence-corrected chi connectivity index (χ3v) is 6.31. The third kappa shape index (κ3) is 3.92. The maximum Gasteiger partial charge on any atom is 0.261 e. The number of hydrogen-bond acceptors (Lipinski definition) is 5. The molecule has 5 rings (SSSR count). The van der Waals surface area contributed by atoms with Gasteiger partial charge in [-0.2, -0.15) is 0 Å². The molecule has 8 heteroatoms. The Balaban J connectivity index is 1.39. The number of likely N-dealkylation sites (tertiary alicyclic amines) is 1. The summed E-state index contributed by atoms with van der Waals surface area (Å²) in [6.07, 6.45) is 4.10. The predicted molar refractivity (Wildman–Crippen MR) is 119 cm³/mol. The van der Waals surface area contributed by atoms with Crippen molar-refractivity contribution in [2.75, 3.05) is 19.8 Å². The third-order valence-electron chi connectivity index (χ3n) is 5.82. The first kappa shape index (κ1) is 20.1. The van der Waals surface area contributed by atoms with E-state index in [2.05, 4.69) is 20.9 Å². The second kappa shape index (κ2) is 8.34. The SMILES string of the molecule is O=C(Cn1cnc2ccc(Br)cc2c1=O)N1CCC[C@H]1c1ccc2c(c1)OCCCO2. The minimum atomic E-state index is -0.217. The summed E-state index contributed by atoms with van der Waals surface area (Å²) in [5.74, 6) is 1.39. The number of aromatic nitrogens is 2. The molecule has 7 nitrogen and oxygen atoms in total. The Morgan fingerprint density at radius 2 is 1.94 bits per heavy atom. The molecule has 0 N–H and O–H groups in total. The Hall–Kier alpha value is -2.87. The number of halogens is 1. The van der Waals surface area contributed by atoms with Gasteiger partial charge in [-0.05, 0) is 48.7 Å². The Morgan fingerprint density at radius 3 is 2.81 bits per heavy atom. The van der Waals surface area contributed by atoms with Crippen LogP contribution in [0.1, 0.15) is 30.9 Å². The van der Waals surface area contributed by atoms with Gasteiger partial charge in [0.15, 0.2) is 11.5 Å². The standard InChI is InChI=1S/C23H22BrN3O4/c24-16-5-6-18-17(12-16)23(29)26(14-25-18)13-22(28)27-8-1-3-19(27)15-4-7-20-21(11-15)31-10-2-9-30-20/h4-7,11-12,14,19H,1-3,8-10,13H2/t19-/m0/s1. The minimum absolute atomic E-state index is 0.0324. The summed E-state index contributed by atoms with van der Waals surface area (Å²) in [4.78, 5) is 32.2. The normalized spacial score (nSPS) is 18.2. The van der Waals surface area contributed by atoms with Gasteiger partial charge in [-0.3, -0.25) is 14.2 Å². The molecule has 1 atom stereocenters. The van der Waals surface area contributed by atoms with E-state index in [4.69, 9.17) is 9.47 Å². The van der Waals surface area contributed by atoms with Crippen molar-refractivity contribution < 1.29 is 14.3 Å². The van der Waals surface area contributed by atoms with Crippen LogP contribution in [-0.2, 0) is 11.3 Å². The van der Waals surface area contributed by atoms with E-state index in [1.54, 1.807) is 12.1 Å². The van der Waals surface area contributed by atoms with Crippen molar-refractivity contribution >= 4 is 32.7 Å². The van der Waals surface area contributed by atoms with E-state index in [0.717, 1.165) is 40.8 Å². The summed E-state index contributed by atoms with van der Waals surface area (Å²) in [5.41, 5.74) is 1.43. The van der Waals surface area contributed by atoms with Crippen LogP contribution in [0.2, 0.25) is 0 Å². The van der Waals surface area contributed by atoms with Gasteiger partial charge in [0, 0.05) is 17.4 Å². The van der Waals surface area contributed by atoms with Gasteiger partial charge in [0.05, 0.1) is 36.5 Å². The fourth-order valence-electron chi connectivity index (χ4n) is 4.28. The summed E-state index contributed by atoms with van der Waals surface area (Å²) in [6.45, 7) is 1.90. The second-order valence-electron chi connectivity index (χ2n) is 7.84. The van der Waals surface area contributed by atoms with Gasteiger partial charge >= 0.3 is 0 Å². The van der Waals surface area contributed by atoms with Crippen LogP contribution in [0, 0.1) is 0 Å². The maximum absolute atomic E-state index is 13.2. The molecule has 3 aromatic rings. The molecule has 0 aliphatic carbocycles. The van der Waals surface area contributed by atoms with Gasteiger partial charge in [-0.15, -0.1) is 0 Å². The van der Waals surface area contributed by atoms with Crippen LogP contribution in [0.15, 0.2) is 52.0 Å². The lowest BCUT2D eigenvalue weighted by atomic mass is 10.0. The van der Waals surface area contributed by atoms with Gasteiger partial charge in [-0.1, -0.05) is 22.0 Å². The molecule has 31 heavy (non-hydrogen) atoms. The fourth-order valence-corrected chi connectivity index (χ4v) is 4.64. The van der Waals surface area contributed by atoms with Crippen molar-refractivity contribution in [3.05, 3.63) is 63.1 Å². The molecule has 1 aromatic heterocycles. The molecular formula is C23H22BrN3O4. The Morgan fingerprint density at radius 1 is 1.10 bits per heavy atom. The van der Waals surface area contributed by atoms with E-state index in [1.807, 2.05) is 29.2 Å². The molecule has 2 aliphatic rings. The van der Waals surface area contributed by atoms with Crippen LogP contribution in [0.4, 0.5) is 0 Å². The molecule has 1 fully saturated rings. The van der Waals surface area contributed by atoms with Gasteiger partial charge in [0.2, 0.25) is 5.91 Å². The van der Waals surface area contributed by atoms with E-state index >= 15 is 0 Å². The summed E-state index contributed by atoms with van der Waals surface area (Å²) in [5, 5.41) is 0.491. The van der Waals surface area contributed by atoms with Crippen molar-refractivity contribution in [2.24, 2.45) is 0 Å². The Labute approximate surface area is 187 Å². The lowest BCUT2D eigenvalue weighted by molar-refractivity contribution is -0.132. The van der Waals surface area contributed by atoms with Crippen molar-refractivity contribution in [3.63, 3.8) is 0 Å². The van der Waals surface area contributed by atoms with Crippen LogP contribution in [-0.4, -0.2) is 40.1 Å². The second-order valence-corrected chi connectivity index (χ2v) is 8.76. The van der Waals surface area contributed by atoms with E-state index in [-0.39, 0.29) is 24.1 Å². The molecule has 0 bridgehead atoms. The lowest BCUT2D eigenvalue weighted by Crippen LogP contribution is -2.36. The zero-order valence-electron chi connectivity index (χ0n) is 16.9. The number of benzene rings is 2.